The number of rotatable bonds is 3. The van der Waals surface area contributed by atoms with E-state index in [1.165, 1.54) is 0 Å². The molecule has 2 aromatic carbocycles. The molecule has 2 aromatic rings. The van der Waals surface area contributed by atoms with Gasteiger partial charge in [-0.25, -0.2) is 0 Å². The number of Topliss-reactive ketones (excluding diaryl/α,β-unsaturated/α-hetero) is 1. The Kier molecular flexibility index (Phi) is 4.09. The number of nitrogens with one attached hydrogen (secondary N) is 1. The number of carbonyl (C=O) groups is 1. The summed E-state index contributed by atoms with van der Waals surface area (Å²) in [5.41, 5.74) is 1.44. The van der Waals surface area contributed by atoms with Gasteiger partial charge in [0.1, 0.15) is 0 Å². The number of carbonyl (C=O) groups excluding carboxylic acids is 1. The summed E-state index contributed by atoms with van der Waals surface area (Å²) in [6.07, 6.45) is 1.66. The highest BCUT2D eigenvalue weighted by atomic mass is 35.5. The van der Waals surface area contributed by atoms with Crippen LogP contribution in [0.1, 0.15) is 28.8 Å². The van der Waals surface area contributed by atoms with E-state index in [2.05, 4.69) is 17.4 Å². The SMILES string of the molecule is O=C(c1ccc(Cl)cc1)C1(c2ccccc2)CCNCC1. The van der Waals surface area contributed by atoms with Crippen molar-refractivity contribution in [3.63, 3.8) is 0 Å². The average Bonchev–Trinajstić information content (AvgIpc) is 2.56. The van der Waals surface area contributed by atoms with Crippen LogP contribution in [0, 0.1) is 0 Å². The van der Waals surface area contributed by atoms with Crippen molar-refractivity contribution < 1.29 is 4.79 Å². The maximum atomic E-state index is 13.2. The van der Waals surface area contributed by atoms with Crippen LogP contribution in [0.2, 0.25) is 5.02 Å². The molecule has 0 unspecified atom stereocenters. The minimum atomic E-state index is -0.416. The molecule has 0 spiro atoms. The van der Waals surface area contributed by atoms with Gasteiger partial charge in [-0.1, -0.05) is 41.9 Å². The van der Waals surface area contributed by atoms with Crippen LogP contribution in [0.15, 0.2) is 54.6 Å². The molecule has 2 nitrogen and oxygen atoms in total. The van der Waals surface area contributed by atoms with E-state index in [0.29, 0.717) is 5.02 Å². The molecule has 0 amide bonds. The molecule has 0 atom stereocenters. The first kappa shape index (κ1) is 14.3. The summed E-state index contributed by atoms with van der Waals surface area (Å²) in [5.74, 6) is 0.201. The third-order valence-corrected chi connectivity index (χ3v) is 4.58. The highest BCUT2D eigenvalue weighted by Crippen LogP contribution is 2.37. The van der Waals surface area contributed by atoms with Crippen molar-refractivity contribution in [1.29, 1.82) is 0 Å². The van der Waals surface area contributed by atoms with Crippen LogP contribution in [-0.4, -0.2) is 18.9 Å². The zero-order valence-corrected chi connectivity index (χ0v) is 12.6. The zero-order chi connectivity index (χ0) is 14.7. The molecule has 1 fully saturated rings. The van der Waals surface area contributed by atoms with Crippen molar-refractivity contribution in [3.05, 3.63) is 70.7 Å². The fraction of sp³-hybridized carbons (Fsp3) is 0.278. The third-order valence-electron chi connectivity index (χ3n) is 4.32. The highest BCUT2D eigenvalue weighted by Gasteiger charge is 2.41. The summed E-state index contributed by atoms with van der Waals surface area (Å²) < 4.78 is 0. The molecule has 3 heteroatoms. The second kappa shape index (κ2) is 6.00. The van der Waals surface area contributed by atoms with E-state index < -0.39 is 5.41 Å². The Morgan fingerprint density at radius 3 is 2.19 bits per heavy atom. The van der Waals surface area contributed by atoms with Gasteiger partial charge in [0.2, 0.25) is 0 Å². The van der Waals surface area contributed by atoms with E-state index in [1.54, 1.807) is 12.1 Å². The standard InChI is InChI=1S/C18H18ClNO/c19-16-8-6-14(7-9-16)17(21)18(10-12-20-13-11-18)15-4-2-1-3-5-15/h1-9,20H,10-13H2. The molecule has 3 rings (SSSR count). The quantitative estimate of drug-likeness (QED) is 0.872. The van der Waals surface area contributed by atoms with Gasteiger partial charge in [-0.3, -0.25) is 4.79 Å². The van der Waals surface area contributed by atoms with Crippen LogP contribution < -0.4 is 5.32 Å². The maximum Gasteiger partial charge on any atom is 0.173 e. The fourth-order valence-electron chi connectivity index (χ4n) is 3.14. The lowest BCUT2D eigenvalue weighted by atomic mass is 9.68. The molecule has 1 aliphatic rings. The molecule has 0 saturated carbocycles. The van der Waals surface area contributed by atoms with E-state index in [9.17, 15) is 4.79 Å². The predicted octanol–water partition coefficient (Wildman–Crippen LogP) is 3.84. The van der Waals surface area contributed by atoms with Crippen molar-refractivity contribution in [3.8, 4) is 0 Å². The molecule has 108 valence electrons. The van der Waals surface area contributed by atoms with E-state index in [-0.39, 0.29) is 5.78 Å². The largest absolute Gasteiger partial charge is 0.317 e. The van der Waals surface area contributed by atoms with Crippen LogP contribution in [0.4, 0.5) is 0 Å². The van der Waals surface area contributed by atoms with E-state index in [0.717, 1.165) is 37.1 Å². The Hall–Kier alpha value is -1.64. The first-order chi connectivity index (χ1) is 10.2. The number of hydrogen-bond acceptors (Lipinski definition) is 2. The normalized spacial score (nSPS) is 17.4. The van der Waals surface area contributed by atoms with Crippen LogP contribution in [0.25, 0.3) is 0 Å². The molecule has 0 radical (unpaired) electrons. The van der Waals surface area contributed by atoms with Gasteiger partial charge in [0.15, 0.2) is 5.78 Å². The van der Waals surface area contributed by atoms with Crippen molar-refractivity contribution >= 4 is 17.4 Å². The van der Waals surface area contributed by atoms with Gasteiger partial charge in [0.25, 0.3) is 0 Å². The molecule has 21 heavy (non-hydrogen) atoms. The van der Waals surface area contributed by atoms with E-state index in [1.807, 2.05) is 30.3 Å². The van der Waals surface area contributed by atoms with Crippen molar-refractivity contribution in [2.75, 3.05) is 13.1 Å². The lowest BCUT2D eigenvalue weighted by Gasteiger charge is -2.37. The van der Waals surface area contributed by atoms with Crippen LogP contribution in [-0.2, 0) is 5.41 Å². The molecule has 1 saturated heterocycles. The molecule has 1 N–H and O–H groups in total. The van der Waals surface area contributed by atoms with Gasteiger partial charge < -0.3 is 5.32 Å². The van der Waals surface area contributed by atoms with Gasteiger partial charge in [-0.2, -0.15) is 0 Å². The second-order valence-corrected chi connectivity index (χ2v) is 5.97. The summed E-state index contributed by atoms with van der Waals surface area (Å²) >= 11 is 5.93. The number of benzene rings is 2. The topological polar surface area (TPSA) is 29.1 Å². The first-order valence-corrected chi connectivity index (χ1v) is 7.67. The Morgan fingerprint density at radius 1 is 0.952 bits per heavy atom. The maximum absolute atomic E-state index is 13.2. The van der Waals surface area contributed by atoms with Gasteiger partial charge in [-0.15, -0.1) is 0 Å². The van der Waals surface area contributed by atoms with E-state index in [4.69, 9.17) is 11.6 Å². The van der Waals surface area contributed by atoms with Crippen molar-refractivity contribution in [1.82, 2.24) is 5.32 Å². The van der Waals surface area contributed by atoms with Crippen LogP contribution >= 0.6 is 11.6 Å². The van der Waals surface area contributed by atoms with Crippen molar-refractivity contribution in [2.24, 2.45) is 0 Å². The lowest BCUT2D eigenvalue weighted by molar-refractivity contribution is 0.0847. The average molecular weight is 300 g/mol. The molecule has 1 aliphatic heterocycles. The molecule has 0 aliphatic carbocycles. The molecule has 1 heterocycles. The summed E-state index contributed by atoms with van der Waals surface area (Å²) in [6, 6.07) is 17.4. The Balaban J connectivity index is 2.03. The third kappa shape index (κ3) is 2.74. The second-order valence-electron chi connectivity index (χ2n) is 5.53. The van der Waals surface area contributed by atoms with Crippen LogP contribution in [0.3, 0.4) is 0 Å². The summed E-state index contributed by atoms with van der Waals surface area (Å²) in [6.45, 7) is 1.74. The van der Waals surface area contributed by atoms with Gasteiger partial charge in [0, 0.05) is 10.6 Å². The Morgan fingerprint density at radius 2 is 1.57 bits per heavy atom. The molecular weight excluding hydrogens is 282 g/mol. The molecular formula is C18H18ClNO. The Labute approximate surface area is 130 Å². The van der Waals surface area contributed by atoms with Crippen molar-refractivity contribution in [2.45, 2.75) is 18.3 Å². The van der Waals surface area contributed by atoms with Gasteiger partial charge >= 0.3 is 0 Å². The molecule has 0 aromatic heterocycles. The highest BCUT2D eigenvalue weighted by molar-refractivity contribution is 6.30. The minimum absolute atomic E-state index is 0.201. The monoisotopic (exact) mass is 299 g/mol. The summed E-state index contributed by atoms with van der Waals surface area (Å²) in [7, 11) is 0. The number of hydrogen-bond donors (Lipinski definition) is 1. The van der Waals surface area contributed by atoms with Gasteiger partial charge in [-0.05, 0) is 55.8 Å². The smallest absolute Gasteiger partial charge is 0.173 e. The zero-order valence-electron chi connectivity index (χ0n) is 11.8. The Bertz CT molecular complexity index is 615. The summed E-state index contributed by atoms with van der Waals surface area (Å²) in [5, 5.41) is 4.01. The lowest BCUT2D eigenvalue weighted by Crippen LogP contribution is -2.45. The number of ketones is 1. The minimum Gasteiger partial charge on any atom is -0.317 e. The fourth-order valence-corrected chi connectivity index (χ4v) is 3.26. The molecule has 0 bridgehead atoms. The first-order valence-electron chi connectivity index (χ1n) is 7.29. The predicted molar refractivity (Wildman–Crippen MR) is 86.0 cm³/mol. The summed E-state index contributed by atoms with van der Waals surface area (Å²) in [4.78, 5) is 13.2. The van der Waals surface area contributed by atoms with E-state index >= 15 is 0 Å². The van der Waals surface area contributed by atoms with Crippen LogP contribution in [0.5, 0.6) is 0 Å². The number of halogens is 1. The number of piperidine rings is 1. The van der Waals surface area contributed by atoms with Gasteiger partial charge in [0.05, 0.1) is 5.41 Å².